The monoisotopic (exact) mass is 313 g/mol. The highest BCUT2D eigenvalue weighted by Crippen LogP contribution is 2.32. The van der Waals surface area contributed by atoms with Crippen LogP contribution in [0.1, 0.15) is 31.2 Å². The number of aryl methyl sites for hydroxylation is 1. The van der Waals surface area contributed by atoms with E-state index in [-0.39, 0.29) is 4.90 Å². The molecule has 0 aliphatic heterocycles. The summed E-state index contributed by atoms with van der Waals surface area (Å²) in [6, 6.07) is 4.45. The normalized spacial score (nSPS) is 17.6. The molecule has 7 heteroatoms. The molecular formula is C14H19NO5S. The third kappa shape index (κ3) is 3.03. The van der Waals surface area contributed by atoms with Crippen molar-refractivity contribution in [3.8, 4) is 5.75 Å². The van der Waals surface area contributed by atoms with Crippen LogP contribution in [-0.4, -0.2) is 32.1 Å². The number of carbonyl (C=O) groups is 1. The number of hydrogen-bond donors (Lipinski definition) is 2. The Hall–Kier alpha value is -1.60. The zero-order valence-corrected chi connectivity index (χ0v) is 12.9. The summed E-state index contributed by atoms with van der Waals surface area (Å²) in [5.74, 6) is -0.531. The van der Waals surface area contributed by atoms with Crippen molar-refractivity contribution in [2.75, 3.05) is 7.11 Å². The van der Waals surface area contributed by atoms with Gasteiger partial charge in [0.25, 0.3) is 0 Å². The molecule has 0 heterocycles. The summed E-state index contributed by atoms with van der Waals surface area (Å²) in [7, 11) is -2.37. The van der Waals surface area contributed by atoms with Crippen LogP contribution in [0, 0.1) is 6.92 Å². The third-order valence-electron chi connectivity index (χ3n) is 3.87. The van der Waals surface area contributed by atoms with E-state index in [2.05, 4.69) is 4.72 Å². The van der Waals surface area contributed by atoms with E-state index in [1.54, 1.807) is 13.0 Å². The summed E-state index contributed by atoms with van der Waals surface area (Å²) in [6.45, 7) is 1.74. The molecule has 6 nitrogen and oxygen atoms in total. The van der Waals surface area contributed by atoms with Crippen LogP contribution in [0.4, 0.5) is 0 Å². The molecule has 21 heavy (non-hydrogen) atoms. The average molecular weight is 313 g/mol. The van der Waals surface area contributed by atoms with Crippen molar-refractivity contribution < 1.29 is 23.1 Å². The van der Waals surface area contributed by atoms with E-state index in [1.165, 1.54) is 19.2 Å². The second-order valence-corrected chi connectivity index (χ2v) is 7.01. The van der Waals surface area contributed by atoms with Crippen molar-refractivity contribution in [3.05, 3.63) is 23.8 Å². The zero-order valence-electron chi connectivity index (χ0n) is 12.0. The molecule has 2 rings (SSSR count). The van der Waals surface area contributed by atoms with Gasteiger partial charge in [0.2, 0.25) is 10.0 Å². The number of aliphatic carboxylic acids is 1. The van der Waals surface area contributed by atoms with Gasteiger partial charge in [0, 0.05) is 0 Å². The van der Waals surface area contributed by atoms with Gasteiger partial charge in [0.1, 0.15) is 11.3 Å². The highest BCUT2D eigenvalue weighted by atomic mass is 32.2. The fraction of sp³-hybridized carbons (Fsp3) is 0.500. The van der Waals surface area contributed by atoms with Crippen LogP contribution in [0.15, 0.2) is 23.1 Å². The van der Waals surface area contributed by atoms with Gasteiger partial charge < -0.3 is 9.84 Å². The number of nitrogens with one attached hydrogen (secondary N) is 1. The largest absolute Gasteiger partial charge is 0.496 e. The van der Waals surface area contributed by atoms with E-state index in [4.69, 9.17) is 4.74 Å². The summed E-state index contributed by atoms with van der Waals surface area (Å²) < 4.78 is 32.3. The van der Waals surface area contributed by atoms with Gasteiger partial charge >= 0.3 is 5.97 Å². The number of carboxylic acids is 1. The van der Waals surface area contributed by atoms with Crippen molar-refractivity contribution in [1.29, 1.82) is 0 Å². The quantitative estimate of drug-likeness (QED) is 0.862. The predicted molar refractivity (Wildman–Crippen MR) is 76.9 cm³/mol. The first-order valence-corrected chi connectivity index (χ1v) is 8.21. The molecule has 2 N–H and O–H groups in total. The van der Waals surface area contributed by atoms with Gasteiger partial charge in [-0.3, -0.25) is 4.79 Å². The Labute approximate surface area is 124 Å². The summed E-state index contributed by atoms with van der Waals surface area (Å²) in [5, 5.41) is 9.36. The Bertz CT molecular complexity index is 647. The standard InChI is InChI=1S/C14H19NO5S/c1-10-9-11(5-6-12(10)20-2)21(18,19)15-14(13(16)17)7-3-4-8-14/h5-6,9,15H,3-4,7-8H2,1-2H3,(H,16,17). The van der Waals surface area contributed by atoms with Crippen molar-refractivity contribution in [1.82, 2.24) is 4.72 Å². The number of benzene rings is 1. The summed E-state index contributed by atoms with van der Waals surface area (Å²) in [5.41, 5.74) is -0.705. The van der Waals surface area contributed by atoms with Crippen LogP contribution in [-0.2, 0) is 14.8 Å². The maximum absolute atomic E-state index is 12.4. The van der Waals surface area contributed by atoms with Crippen molar-refractivity contribution >= 4 is 16.0 Å². The lowest BCUT2D eigenvalue weighted by molar-refractivity contribution is -0.143. The summed E-state index contributed by atoms with van der Waals surface area (Å²) >= 11 is 0. The number of hydrogen-bond acceptors (Lipinski definition) is 4. The predicted octanol–water partition coefficient (Wildman–Crippen LogP) is 1.68. The van der Waals surface area contributed by atoms with Crippen molar-refractivity contribution in [3.63, 3.8) is 0 Å². The number of sulfonamides is 1. The lowest BCUT2D eigenvalue weighted by atomic mass is 10.0. The van der Waals surface area contributed by atoms with E-state index >= 15 is 0 Å². The van der Waals surface area contributed by atoms with Gasteiger partial charge in [0.05, 0.1) is 12.0 Å². The second kappa shape index (κ2) is 5.65. The maximum Gasteiger partial charge on any atom is 0.324 e. The average Bonchev–Trinajstić information content (AvgIpc) is 2.87. The Kier molecular flexibility index (Phi) is 4.25. The molecule has 0 spiro atoms. The van der Waals surface area contributed by atoms with E-state index in [9.17, 15) is 18.3 Å². The van der Waals surface area contributed by atoms with Crippen LogP contribution in [0.25, 0.3) is 0 Å². The highest BCUT2D eigenvalue weighted by molar-refractivity contribution is 7.89. The van der Waals surface area contributed by atoms with Crippen molar-refractivity contribution in [2.45, 2.75) is 43.0 Å². The molecule has 0 saturated heterocycles. The molecule has 1 aromatic rings. The van der Waals surface area contributed by atoms with E-state index in [1.807, 2.05) is 0 Å². The number of ether oxygens (including phenoxy) is 1. The third-order valence-corrected chi connectivity index (χ3v) is 5.41. The Balaban J connectivity index is 2.34. The fourth-order valence-corrected chi connectivity index (χ4v) is 4.18. The Morgan fingerprint density at radius 3 is 2.43 bits per heavy atom. The number of carboxylic acid groups (broad SMARTS) is 1. The molecular weight excluding hydrogens is 294 g/mol. The smallest absolute Gasteiger partial charge is 0.324 e. The Morgan fingerprint density at radius 2 is 1.95 bits per heavy atom. The van der Waals surface area contributed by atoms with Crippen LogP contribution in [0.3, 0.4) is 0 Å². The van der Waals surface area contributed by atoms with Crippen LogP contribution >= 0.6 is 0 Å². The number of rotatable bonds is 5. The van der Waals surface area contributed by atoms with E-state index < -0.39 is 21.5 Å². The van der Waals surface area contributed by atoms with Crippen LogP contribution in [0.2, 0.25) is 0 Å². The second-order valence-electron chi connectivity index (χ2n) is 5.33. The summed E-state index contributed by atoms with van der Waals surface area (Å²) in [6.07, 6.45) is 2.04. The van der Waals surface area contributed by atoms with Crippen molar-refractivity contribution in [2.24, 2.45) is 0 Å². The summed E-state index contributed by atoms with van der Waals surface area (Å²) in [4.78, 5) is 11.5. The van der Waals surface area contributed by atoms with Gasteiger partial charge in [-0.05, 0) is 43.5 Å². The van der Waals surface area contributed by atoms with E-state index in [0.717, 1.165) is 0 Å². The molecule has 0 radical (unpaired) electrons. The molecule has 0 bridgehead atoms. The SMILES string of the molecule is COc1ccc(S(=O)(=O)NC2(C(=O)O)CCCC2)cc1C. The van der Waals surface area contributed by atoms with Gasteiger partial charge in [-0.15, -0.1) is 0 Å². The topological polar surface area (TPSA) is 92.7 Å². The number of methoxy groups -OCH3 is 1. The Morgan fingerprint density at radius 1 is 1.33 bits per heavy atom. The fourth-order valence-electron chi connectivity index (χ4n) is 2.67. The van der Waals surface area contributed by atoms with Gasteiger partial charge in [-0.2, -0.15) is 4.72 Å². The molecule has 0 unspecified atom stereocenters. The van der Waals surface area contributed by atoms with Gasteiger partial charge in [-0.25, -0.2) is 8.42 Å². The molecule has 0 amide bonds. The molecule has 1 saturated carbocycles. The maximum atomic E-state index is 12.4. The first kappa shape index (κ1) is 15.8. The van der Waals surface area contributed by atoms with Gasteiger partial charge in [-0.1, -0.05) is 12.8 Å². The molecule has 1 fully saturated rings. The minimum absolute atomic E-state index is 0.0494. The van der Waals surface area contributed by atoms with Crippen LogP contribution in [0.5, 0.6) is 5.75 Å². The zero-order chi connectivity index (χ0) is 15.7. The molecule has 1 aromatic carbocycles. The highest BCUT2D eigenvalue weighted by Gasteiger charge is 2.44. The van der Waals surface area contributed by atoms with E-state index in [0.29, 0.717) is 37.0 Å². The molecule has 1 aliphatic rings. The van der Waals surface area contributed by atoms with Crippen LogP contribution < -0.4 is 9.46 Å². The first-order chi connectivity index (χ1) is 9.81. The molecule has 0 aromatic heterocycles. The first-order valence-electron chi connectivity index (χ1n) is 6.73. The lowest BCUT2D eigenvalue weighted by Crippen LogP contribution is -2.52. The molecule has 1 aliphatic carbocycles. The molecule has 0 atom stereocenters. The molecule has 116 valence electrons. The lowest BCUT2D eigenvalue weighted by Gasteiger charge is -2.25. The van der Waals surface area contributed by atoms with Gasteiger partial charge in [0.15, 0.2) is 0 Å². The minimum atomic E-state index is -3.88. The minimum Gasteiger partial charge on any atom is -0.496 e.